The van der Waals surface area contributed by atoms with Gasteiger partial charge in [0.05, 0.1) is 6.54 Å². The van der Waals surface area contributed by atoms with Gasteiger partial charge in [-0.05, 0) is 30.2 Å². The van der Waals surface area contributed by atoms with Gasteiger partial charge in [-0.25, -0.2) is 13.9 Å². The molecule has 4 rings (SSSR count). The molecule has 0 unspecified atom stereocenters. The van der Waals surface area contributed by atoms with Gasteiger partial charge in [-0.3, -0.25) is 9.36 Å². The standard InChI is InChI=1S/C20H19FN4O2/c1-14-4-2-5-15(10-14)12-23-8-9-24-18(19(23)26)22-25(20(24)27)13-16-6-3-7-17(21)11-16/h2-7,10-11H,8-9,12-13H2,1H3. The van der Waals surface area contributed by atoms with E-state index in [1.807, 2.05) is 31.2 Å². The van der Waals surface area contributed by atoms with E-state index in [-0.39, 0.29) is 29.8 Å². The van der Waals surface area contributed by atoms with Crippen LogP contribution in [-0.2, 0) is 19.6 Å². The van der Waals surface area contributed by atoms with Gasteiger partial charge in [0.2, 0.25) is 5.82 Å². The van der Waals surface area contributed by atoms with Gasteiger partial charge >= 0.3 is 5.69 Å². The van der Waals surface area contributed by atoms with Crippen molar-refractivity contribution in [2.75, 3.05) is 6.54 Å². The topological polar surface area (TPSA) is 60.1 Å². The molecule has 0 saturated heterocycles. The molecule has 0 spiro atoms. The van der Waals surface area contributed by atoms with E-state index >= 15 is 0 Å². The summed E-state index contributed by atoms with van der Waals surface area (Å²) < 4.78 is 16.0. The minimum absolute atomic E-state index is 0.127. The average molecular weight is 366 g/mol. The Balaban J connectivity index is 1.58. The fourth-order valence-electron chi connectivity index (χ4n) is 3.36. The van der Waals surface area contributed by atoms with Gasteiger partial charge in [-0.2, -0.15) is 0 Å². The number of aromatic nitrogens is 3. The summed E-state index contributed by atoms with van der Waals surface area (Å²) >= 11 is 0. The van der Waals surface area contributed by atoms with Crippen molar-refractivity contribution < 1.29 is 9.18 Å². The molecule has 0 bridgehead atoms. The highest BCUT2D eigenvalue weighted by molar-refractivity contribution is 5.91. The number of nitrogens with zero attached hydrogens (tertiary/aromatic N) is 4. The van der Waals surface area contributed by atoms with E-state index in [9.17, 15) is 14.0 Å². The first-order chi connectivity index (χ1) is 13.0. The quantitative estimate of drug-likeness (QED) is 0.711. The Hall–Kier alpha value is -3.22. The monoisotopic (exact) mass is 366 g/mol. The molecule has 1 aliphatic heterocycles. The fraction of sp³-hybridized carbons (Fsp3) is 0.250. The summed E-state index contributed by atoms with van der Waals surface area (Å²) in [5, 5.41) is 4.22. The SMILES string of the molecule is Cc1cccc(CN2CCn3c(nn(Cc4cccc(F)c4)c3=O)C2=O)c1. The molecule has 1 amide bonds. The molecule has 6 nitrogen and oxygen atoms in total. The number of benzene rings is 2. The number of rotatable bonds is 4. The first-order valence-corrected chi connectivity index (χ1v) is 8.78. The Bertz CT molecular complexity index is 1070. The van der Waals surface area contributed by atoms with Crippen molar-refractivity contribution >= 4 is 5.91 Å². The summed E-state index contributed by atoms with van der Waals surface area (Å²) in [5.74, 6) is -0.502. The molecule has 0 radical (unpaired) electrons. The number of aryl methyl sites for hydroxylation is 1. The van der Waals surface area contributed by atoms with Gasteiger partial charge in [-0.1, -0.05) is 42.0 Å². The third kappa shape index (κ3) is 3.40. The van der Waals surface area contributed by atoms with Crippen LogP contribution < -0.4 is 5.69 Å². The van der Waals surface area contributed by atoms with Crippen LogP contribution in [0.15, 0.2) is 53.3 Å². The number of fused-ring (bicyclic) bond motifs is 1. The van der Waals surface area contributed by atoms with Gasteiger partial charge in [0.25, 0.3) is 5.91 Å². The van der Waals surface area contributed by atoms with Crippen LogP contribution in [0.5, 0.6) is 0 Å². The second-order valence-electron chi connectivity index (χ2n) is 6.76. The number of hydrogen-bond donors (Lipinski definition) is 0. The maximum absolute atomic E-state index is 13.4. The molecule has 2 aromatic carbocycles. The maximum atomic E-state index is 13.4. The van der Waals surface area contributed by atoms with E-state index < -0.39 is 0 Å². The Kier molecular flexibility index (Phi) is 4.35. The zero-order chi connectivity index (χ0) is 19.0. The van der Waals surface area contributed by atoms with Gasteiger partial charge < -0.3 is 4.90 Å². The zero-order valence-corrected chi connectivity index (χ0v) is 14.9. The summed E-state index contributed by atoms with van der Waals surface area (Å²) in [7, 11) is 0. The molecule has 0 fully saturated rings. The third-order valence-corrected chi connectivity index (χ3v) is 4.67. The molecule has 7 heteroatoms. The average Bonchev–Trinajstić information content (AvgIpc) is 2.94. The van der Waals surface area contributed by atoms with Crippen LogP contribution in [0.2, 0.25) is 0 Å². The third-order valence-electron chi connectivity index (χ3n) is 4.67. The lowest BCUT2D eigenvalue weighted by Gasteiger charge is -2.26. The molecule has 1 aromatic heterocycles. The van der Waals surface area contributed by atoms with E-state index in [0.717, 1.165) is 11.1 Å². The van der Waals surface area contributed by atoms with E-state index in [1.54, 1.807) is 17.0 Å². The first kappa shape index (κ1) is 17.2. The highest BCUT2D eigenvalue weighted by Crippen LogP contribution is 2.14. The Morgan fingerprint density at radius 3 is 2.48 bits per heavy atom. The smallest absolute Gasteiger partial charge is 0.330 e. The molecule has 27 heavy (non-hydrogen) atoms. The van der Waals surface area contributed by atoms with E-state index in [4.69, 9.17) is 0 Å². The van der Waals surface area contributed by atoms with Crippen LogP contribution in [0.3, 0.4) is 0 Å². The lowest BCUT2D eigenvalue weighted by molar-refractivity contribution is 0.0681. The van der Waals surface area contributed by atoms with Crippen LogP contribution in [-0.4, -0.2) is 31.7 Å². The predicted molar refractivity (Wildman–Crippen MR) is 97.9 cm³/mol. The molecule has 2 heterocycles. The number of amides is 1. The zero-order valence-electron chi connectivity index (χ0n) is 14.9. The number of hydrogen-bond acceptors (Lipinski definition) is 3. The van der Waals surface area contributed by atoms with Crippen LogP contribution >= 0.6 is 0 Å². The number of carbonyl (C=O) groups excluding carboxylic acids is 1. The molecule has 0 atom stereocenters. The predicted octanol–water partition coefficient (Wildman–Crippen LogP) is 2.20. The molecular formula is C20H19FN4O2. The molecule has 0 aliphatic carbocycles. The van der Waals surface area contributed by atoms with Crippen molar-refractivity contribution in [2.45, 2.75) is 26.6 Å². The van der Waals surface area contributed by atoms with Crippen molar-refractivity contribution in [3.05, 3.63) is 87.3 Å². The number of carbonyl (C=O) groups is 1. The summed E-state index contributed by atoms with van der Waals surface area (Å²) in [4.78, 5) is 27.1. The molecular weight excluding hydrogens is 347 g/mol. The highest BCUT2D eigenvalue weighted by Gasteiger charge is 2.29. The van der Waals surface area contributed by atoms with Crippen molar-refractivity contribution in [2.24, 2.45) is 0 Å². The molecule has 0 N–H and O–H groups in total. The molecule has 0 saturated carbocycles. The van der Waals surface area contributed by atoms with Crippen LogP contribution in [0.1, 0.15) is 27.3 Å². The lowest BCUT2D eigenvalue weighted by Crippen LogP contribution is -2.42. The Morgan fingerprint density at radius 2 is 1.74 bits per heavy atom. The van der Waals surface area contributed by atoms with Gasteiger partial charge in [-0.15, -0.1) is 5.10 Å². The normalized spacial score (nSPS) is 13.7. The second kappa shape index (κ2) is 6.83. The van der Waals surface area contributed by atoms with Crippen molar-refractivity contribution in [3.63, 3.8) is 0 Å². The van der Waals surface area contributed by atoms with E-state index in [0.29, 0.717) is 25.2 Å². The summed E-state index contributed by atoms with van der Waals surface area (Å²) in [6, 6.07) is 14.0. The highest BCUT2D eigenvalue weighted by atomic mass is 19.1. The van der Waals surface area contributed by atoms with Gasteiger partial charge in [0.15, 0.2) is 0 Å². The first-order valence-electron chi connectivity index (χ1n) is 8.78. The van der Waals surface area contributed by atoms with Gasteiger partial charge in [0.1, 0.15) is 5.82 Å². The lowest BCUT2D eigenvalue weighted by atomic mass is 10.1. The van der Waals surface area contributed by atoms with Crippen LogP contribution in [0.4, 0.5) is 4.39 Å². The molecule has 3 aromatic rings. The Labute approximate surface area is 155 Å². The van der Waals surface area contributed by atoms with E-state index in [2.05, 4.69) is 5.10 Å². The Morgan fingerprint density at radius 1 is 1.00 bits per heavy atom. The molecule has 1 aliphatic rings. The van der Waals surface area contributed by atoms with Crippen LogP contribution in [0.25, 0.3) is 0 Å². The fourth-order valence-corrected chi connectivity index (χ4v) is 3.36. The van der Waals surface area contributed by atoms with Gasteiger partial charge in [0, 0.05) is 19.6 Å². The maximum Gasteiger partial charge on any atom is 0.346 e. The largest absolute Gasteiger partial charge is 0.346 e. The molecule has 138 valence electrons. The van der Waals surface area contributed by atoms with Crippen molar-refractivity contribution in [1.29, 1.82) is 0 Å². The van der Waals surface area contributed by atoms with Crippen molar-refractivity contribution in [3.8, 4) is 0 Å². The minimum atomic E-state index is -0.370. The summed E-state index contributed by atoms with van der Waals surface area (Å²) in [5.41, 5.74) is 2.45. The van der Waals surface area contributed by atoms with E-state index in [1.165, 1.54) is 21.4 Å². The summed E-state index contributed by atoms with van der Waals surface area (Å²) in [6.45, 7) is 3.46. The van der Waals surface area contributed by atoms with Crippen molar-refractivity contribution in [1.82, 2.24) is 19.2 Å². The number of halogens is 1. The minimum Gasteiger partial charge on any atom is -0.330 e. The second-order valence-corrected chi connectivity index (χ2v) is 6.76. The van der Waals surface area contributed by atoms with Crippen LogP contribution in [0, 0.1) is 12.7 Å². The summed E-state index contributed by atoms with van der Waals surface area (Å²) in [6.07, 6.45) is 0.